The van der Waals surface area contributed by atoms with Gasteiger partial charge in [-0.25, -0.2) is 4.98 Å². The minimum Gasteiger partial charge on any atom is -0.454 e. The van der Waals surface area contributed by atoms with Gasteiger partial charge in [0, 0.05) is 12.5 Å². The lowest BCUT2D eigenvalue weighted by molar-refractivity contribution is 0.0945. The van der Waals surface area contributed by atoms with Gasteiger partial charge in [-0.15, -0.1) is 0 Å². The third kappa shape index (κ3) is 2.65. The van der Waals surface area contributed by atoms with Gasteiger partial charge in [0.25, 0.3) is 5.91 Å². The molecule has 0 saturated heterocycles. The Bertz CT molecular complexity index is 749. The minimum atomic E-state index is -0.213. The maximum absolute atomic E-state index is 12.3. The zero-order valence-corrected chi connectivity index (χ0v) is 12.9. The first kappa shape index (κ1) is 14.1. The normalized spacial score (nSPS) is 16.2. The Morgan fingerprint density at radius 1 is 1.30 bits per heavy atom. The number of ether oxygens (including phenoxy) is 2. The van der Waals surface area contributed by atoms with Gasteiger partial charge in [0.05, 0.1) is 0 Å². The van der Waals surface area contributed by atoms with Crippen LogP contribution in [-0.4, -0.2) is 17.7 Å². The molecular weight excluding hydrogens is 296 g/mol. The molecule has 0 unspecified atom stereocenters. The molecule has 2 aromatic rings. The molecule has 1 aromatic carbocycles. The first-order valence-corrected chi connectivity index (χ1v) is 7.85. The van der Waals surface area contributed by atoms with Crippen molar-refractivity contribution in [2.45, 2.75) is 38.6 Å². The number of benzene rings is 1. The van der Waals surface area contributed by atoms with E-state index in [1.165, 1.54) is 6.42 Å². The van der Waals surface area contributed by atoms with Crippen LogP contribution in [0.15, 0.2) is 22.6 Å². The molecule has 1 saturated carbocycles. The molecule has 6 nitrogen and oxygen atoms in total. The highest BCUT2D eigenvalue weighted by Crippen LogP contribution is 2.36. The average molecular weight is 314 g/mol. The summed E-state index contributed by atoms with van der Waals surface area (Å²) in [6.07, 6.45) is 3.40. The van der Waals surface area contributed by atoms with Gasteiger partial charge in [0.15, 0.2) is 23.1 Å². The molecule has 0 radical (unpaired) electrons. The number of hydrogen-bond acceptors (Lipinski definition) is 5. The van der Waals surface area contributed by atoms with Crippen LogP contribution in [0.25, 0.3) is 0 Å². The SMILES string of the molecule is Cc1oc(C2CCC2)nc1C(=O)NCc1ccc2c(c1)OCO2. The van der Waals surface area contributed by atoms with Crippen molar-refractivity contribution in [1.82, 2.24) is 10.3 Å². The Labute approximate surface area is 133 Å². The zero-order chi connectivity index (χ0) is 15.8. The fraction of sp³-hybridized carbons (Fsp3) is 0.412. The fourth-order valence-electron chi connectivity index (χ4n) is 2.77. The number of nitrogens with one attached hydrogen (secondary N) is 1. The molecule has 6 heteroatoms. The summed E-state index contributed by atoms with van der Waals surface area (Å²) in [7, 11) is 0. The second kappa shape index (κ2) is 5.61. The van der Waals surface area contributed by atoms with Gasteiger partial charge in [-0.05, 0) is 37.5 Å². The number of carbonyl (C=O) groups excluding carboxylic acids is 1. The number of oxazole rings is 1. The van der Waals surface area contributed by atoms with Crippen molar-refractivity contribution >= 4 is 5.91 Å². The monoisotopic (exact) mass is 314 g/mol. The molecule has 1 aliphatic carbocycles. The summed E-state index contributed by atoms with van der Waals surface area (Å²) in [6.45, 7) is 2.43. The maximum atomic E-state index is 12.3. The van der Waals surface area contributed by atoms with Gasteiger partial charge >= 0.3 is 0 Å². The molecule has 0 bridgehead atoms. The second-order valence-corrected chi connectivity index (χ2v) is 5.96. The van der Waals surface area contributed by atoms with Crippen LogP contribution in [0.5, 0.6) is 11.5 Å². The quantitative estimate of drug-likeness (QED) is 0.939. The molecule has 0 spiro atoms. The van der Waals surface area contributed by atoms with E-state index in [1.54, 1.807) is 6.92 Å². The van der Waals surface area contributed by atoms with Crippen molar-refractivity contribution in [3.8, 4) is 11.5 Å². The summed E-state index contributed by atoms with van der Waals surface area (Å²) in [5.41, 5.74) is 1.33. The number of hydrogen-bond donors (Lipinski definition) is 1. The van der Waals surface area contributed by atoms with E-state index >= 15 is 0 Å². The minimum absolute atomic E-state index is 0.213. The standard InChI is InChI=1S/C17H18N2O4/c1-10-15(19-17(23-10)12-3-2-4-12)16(20)18-8-11-5-6-13-14(7-11)22-9-21-13/h5-7,12H,2-4,8-9H2,1H3,(H,18,20). The number of fused-ring (bicyclic) bond motifs is 1. The Morgan fingerprint density at radius 3 is 2.91 bits per heavy atom. The topological polar surface area (TPSA) is 73.6 Å². The first-order chi connectivity index (χ1) is 11.2. The Kier molecular flexibility index (Phi) is 3.44. The highest BCUT2D eigenvalue weighted by Gasteiger charge is 2.27. The van der Waals surface area contributed by atoms with Crippen LogP contribution in [0.3, 0.4) is 0 Å². The van der Waals surface area contributed by atoms with E-state index in [0.717, 1.165) is 24.2 Å². The number of aromatic nitrogens is 1. The van der Waals surface area contributed by atoms with Gasteiger partial charge in [0.1, 0.15) is 5.76 Å². The summed E-state index contributed by atoms with van der Waals surface area (Å²) in [5, 5.41) is 2.88. The molecule has 1 N–H and O–H groups in total. The summed E-state index contributed by atoms with van der Waals surface area (Å²) >= 11 is 0. The molecule has 1 aromatic heterocycles. The van der Waals surface area contributed by atoms with Crippen LogP contribution in [0, 0.1) is 6.92 Å². The van der Waals surface area contributed by atoms with Crippen molar-refractivity contribution < 1.29 is 18.7 Å². The molecule has 4 rings (SSSR count). The molecule has 1 fully saturated rings. The van der Waals surface area contributed by atoms with Crippen LogP contribution in [0.4, 0.5) is 0 Å². The molecular formula is C17H18N2O4. The van der Waals surface area contributed by atoms with Crippen LogP contribution in [0.1, 0.15) is 52.9 Å². The number of rotatable bonds is 4. The molecule has 23 heavy (non-hydrogen) atoms. The second-order valence-electron chi connectivity index (χ2n) is 5.96. The van der Waals surface area contributed by atoms with Crippen LogP contribution in [0.2, 0.25) is 0 Å². The average Bonchev–Trinajstić information content (AvgIpc) is 3.09. The van der Waals surface area contributed by atoms with Crippen LogP contribution in [-0.2, 0) is 6.54 Å². The maximum Gasteiger partial charge on any atom is 0.273 e. The van der Waals surface area contributed by atoms with E-state index in [-0.39, 0.29) is 12.7 Å². The Hall–Kier alpha value is -2.50. The molecule has 2 heterocycles. The van der Waals surface area contributed by atoms with E-state index < -0.39 is 0 Å². The lowest BCUT2D eigenvalue weighted by Gasteiger charge is -2.21. The van der Waals surface area contributed by atoms with Gasteiger partial charge in [0.2, 0.25) is 6.79 Å². The third-order valence-corrected chi connectivity index (χ3v) is 4.37. The van der Waals surface area contributed by atoms with Crippen molar-refractivity contribution in [3.63, 3.8) is 0 Å². The van der Waals surface area contributed by atoms with Crippen molar-refractivity contribution in [2.24, 2.45) is 0 Å². The van der Waals surface area contributed by atoms with Gasteiger partial charge in [-0.1, -0.05) is 12.5 Å². The third-order valence-electron chi connectivity index (χ3n) is 4.37. The van der Waals surface area contributed by atoms with Crippen molar-refractivity contribution in [1.29, 1.82) is 0 Å². The van der Waals surface area contributed by atoms with Crippen molar-refractivity contribution in [2.75, 3.05) is 6.79 Å². The smallest absolute Gasteiger partial charge is 0.273 e. The van der Waals surface area contributed by atoms with Crippen LogP contribution >= 0.6 is 0 Å². The summed E-state index contributed by atoms with van der Waals surface area (Å²) in [4.78, 5) is 16.7. The first-order valence-electron chi connectivity index (χ1n) is 7.85. The van der Waals surface area contributed by atoms with E-state index in [9.17, 15) is 4.79 Å². The van der Waals surface area contributed by atoms with Crippen molar-refractivity contribution in [3.05, 3.63) is 41.1 Å². The Morgan fingerprint density at radius 2 is 2.13 bits per heavy atom. The largest absolute Gasteiger partial charge is 0.454 e. The van der Waals surface area contributed by atoms with Crippen LogP contribution < -0.4 is 14.8 Å². The number of amides is 1. The van der Waals surface area contributed by atoms with E-state index in [4.69, 9.17) is 13.9 Å². The van der Waals surface area contributed by atoms with Gasteiger partial charge in [-0.3, -0.25) is 4.79 Å². The molecule has 1 aliphatic heterocycles. The van der Waals surface area contributed by atoms with E-state index in [0.29, 0.717) is 35.6 Å². The number of nitrogens with zero attached hydrogens (tertiary/aromatic N) is 1. The summed E-state index contributed by atoms with van der Waals surface area (Å²) in [6, 6.07) is 5.63. The zero-order valence-electron chi connectivity index (χ0n) is 12.9. The Balaban J connectivity index is 1.42. The fourth-order valence-corrected chi connectivity index (χ4v) is 2.77. The number of aryl methyl sites for hydroxylation is 1. The molecule has 2 aliphatic rings. The van der Waals surface area contributed by atoms with E-state index in [2.05, 4.69) is 10.3 Å². The predicted molar refractivity (Wildman–Crippen MR) is 81.6 cm³/mol. The highest BCUT2D eigenvalue weighted by molar-refractivity contribution is 5.93. The number of carbonyl (C=O) groups is 1. The van der Waals surface area contributed by atoms with Gasteiger partial charge < -0.3 is 19.2 Å². The lowest BCUT2D eigenvalue weighted by Crippen LogP contribution is -2.24. The highest BCUT2D eigenvalue weighted by atomic mass is 16.7. The lowest BCUT2D eigenvalue weighted by atomic mass is 9.85. The molecule has 120 valence electrons. The molecule has 1 amide bonds. The van der Waals surface area contributed by atoms with Gasteiger partial charge in [-0.2, -0.15) is 0 Å². The van der Waals surface area contributed by atoms with E-state index in [1.807, 2.05) is 18.2 Å². The summed E-state index contributed by atoms with van der Waals surface area (Å²) in [5.74, 6) is 2.88. The molecule has 0 atom stereocenters. The summed E-state index contributed by atoms with van der Waals surface area (Å²) < 4.78 is 16.3. The predicted octanol–water partition coefficient (Wildman–Crippen LogP) is 2.91.